The van der Waals surface area contributed by atoms with E-state index in [1.807, 2.05) is 6.92 Å². The summed E-state index contributed by atoms with van der Waals surface area (Å²) in [5.74, 6) is 0.734. The zero-order chi connectivity index (χ0) is 31.6. The average Bonchev–Trinajstić information content (AvgIpc) is 3.02. The van der Waals surface area contributed by atoms with Crippen LogP contribution in [0.3, 0.4) is 0 Å². The van der Waals surface area contributed by atoms with Crippen molar-refractivity contribution in [2.75, 3.05) is 13.2 Å². The van der Waals surface area contributed by atoms with Crippen molar-refractivity contribution >= 4 is 5.97 Å². The minimum Gasteiger partial charge on any atom is -0.490 e. The number of hydrogen-bond donors (Lipinski definition) is 0. The predicted molar refractivity (Wildman–Crippen MR) is 166 cm³/mol. The van der Waals surface area contributed by atoms with Gasteiger partial charge < -0.3 is 14.2 Å². The van der Waals surface area contributed by atoms with Crippen LogP contribution in [0.2, 0.25) is 0 Å². The summed E-state index contributed by atoms with van der Waals surface area (Å²) in [7, 11) is 0. The van der Waals surface area contributed by atoms with Crippen molar-refractivity contribution in [1.82, 2.24) is 9.97 Å². The summed E-state index contributed by atoms with van der Waals surface area (Å²) < 4.78 is 57.2. The van der Waals surface area contributed by atoms with Crippen LogP contribution in [0.15, 0.2) is 60.9 Å². The van der Waals surface area contributed by atoms with Gasteiger partial charge in [-0.2, -0.15) is 13.2 Å². The number of aromatic nitrogens is 2. The lowest BCUT2D eigenvalue weighted by atomic mass is 10.1. The Morgan fingerprint density at radius 2 is 1.25 bits per heavy atom. The minimum absolute atomic E-state index is 0.0201. The van der Waals surface area contributed by atoms with Gasteiger partial charge in [-0.3, -0.25) is 0 Å². The van der Waals surface area contributed by atoms with Gasteiger partial charge >= 0.3 is 12.1 Å². The van der Waals surface area contributed by atoms with Crippen LogP contribution in [0.4, 0.5) is 13.2 Å². The van der Waals surface area contributed by atoms with E-state index in [4.69, 9.17) is 14.2 Å². The van der Waals surface area contributed by atoms with Gasteiger partial charge in [0.2, 0.25) is 0 Å². The van der Waals surface area contributed by atoms with Crippen molar-refractivity contribution in [3.05, 3.63) is 72.1 Å². The molecule has 0 aliphatic rings. The molecule has 1 heterocycles. The second-order valence-corrected chi connectivity index (χ2v) is 11.0. The third-order valence-electron chi connectivity index (χ3n) is 7.25. The standard InChI is InChI=1S/C35H45F3N2O4/c1-3-5-7-9-10-11-12-14-23-42-31-25-39-33(40-26-31)28-19-21-30(22-20-28)44-34(41)29-17-15-27(16-18-29)32(35(36,37)38)43-24-13-8-6-4-2/h15-22,25-26,32H,3-14,23-24H2,1-2H3. The summed E-state index contributed by atoms with van der Waals surface area (Å²) in [6.07, 6.45) is 9.91. The number of nitrogens with zero attached hydrogens (tertiary/aromatic N) is 2. The first-order valence-corrected chi connectivity index (χ1v) is 15.9. The summed E-state index contributed by atoms with van der Waals surface area (Å²) >= 11 is 0. The summed E-state index contributed by atoms with van der Waals surface area (Å²) in [5.41, 5.74) is 0.808. The molecule has 6 nitrogen and oxygen atoms in total. The van der Waals surface area contributed by atoms with E-state index in [-0.39, 0.29) is 23.5 Å². The van der Waals surface area contributed by atoms with Crippen LogP contribution < -0.4 is 9.47 Å². The summed E-state index contributed by atoms with van der Waals surface area (Å²) in [6.45, 7) is 4.91. The van der Waals surface area contributed by atoms with E-state index in [1.54, 1.807) is 36.7 Å². The lowest BCUT2D eigenvalue weighted by Gasteiger charge is -2.21. The summed E-state index contributed by atoms with van der Waals surface area (Å²) in [4.78, 5) is 21.4. The van der Waals surface area contributed by atoms with Crippen molar-refractivity contribution in [2.24, 2.45) is 0 Å². The molecular weight excluding hydrogens is 569 g/mol. The number of rotatable bonds is 20. The number of benzene rings is 2. The third kappa shape index (κ3) is 12.3. The lowest BCUT2D eigenvalue weighted by Crippen LogP contribution is -2.24. The van der Waals surface area contributed by atoms with Gasteiger partial charge in [-0.25, -0.2) is 14.8 Å². The molecule has 2 aromatic carbocycles. The van der Waals surface area contributed by atoms with Crippen LogP contribution >= 0.6 is 0 Å². The zero-order valence-corrected chi connectivity index (χ0v) is 25.9. The normalized spacial score (nSPS) is 12.2. The fourth-order valence-electron chi connectivity index (χ4n) is 4.71. The number of alkyl halides is 3. The van der Waals surface area contributed by atoms with Crippen LogP contribution in [-0.4, -0.2) is 35.3 Å². The molecule has 0 spiro atoms. The highest BCUT2D eigenvalue weighted by Crippen LogP contribution is 2.36. The maximum Gasteiger partial charge on any atom is 0.418 e. The molecule has 0 radical (unpaired) electrons. The first-order chi connectivity index (χ1) is 21.3. The van der Waals surface area contributed by atoms with Gasteiger partial charge in [-0.15, -0.1) is 0 Å². The molecule has 0 saturated heterocycles. The topological polar surface area (TPSA) is 70.5 Å². The Morgan fingerprint density at radius 3 is 1.84 bits per heavy atom. The third-order valence-corrected chi connectivity index (χ3v) is 7.25. The number of esters is 1. The largest absolute Gasteiger partial charge is 0.490 e. The van der Waals surface area contributed by atoms with Gasteiger partial charge in [0.25, 0.3) is 0 Å². The van der Waals surface area contributed by atoms with Crippen molar-refractivity contribution in [1.29, 1.82) is 0 Å². The first kappa shape index (κ1) is 35.0. The van der Waals surface area contributed by atoms with Gasteiger partial charge in [-0.05, 0) is 54.8 Å². The van der Waals surface area contributed by atoms with Crippen LogP contribution in [0.25, 0.3) is 11.4 Å². The number of ether oxygens (including phenoxy) is 3. The molecule has 0 amide bonds. The lowest BCUT2D eigenvalue weighted by molar-refractivity contribution is -0.224. The molecule has 3 aromatic rings. The molecule has 1 atom stereocenters. The van der Waals surface area contributed by atoms with Crippen molar-refractivity contribution < 1.29 is 32.2 Å². The average molecular weight is 615 g/mol. The highest BCUT2D eigenvalue weighted by Gasteiger charge is 2.41. The number of carbonyl (C=O) groups excluding carboxylic acids is 1. The van der Waals surface area contributed by atoms with Crippen LogP contribution in [0.5, 0.6) is 11.5 Å². The summed E-state index contributed by atoms with van der Waals surface area (Å²) in [6, 6.07) is 11.8. The molecule has 0 aliphatic carbocycles. The SMILES string of the molecule is CCCCCCCCCCOc1cnc(-c2ccc(OC(=O)c3ccc(C(OCCCCCC)C(F)(F)F)cc3)cc2)nc1. The van der Waals surface area contributed by atoms with E-state index >= 15 is 0 Å². The Bertz CT molecular complexity index is 1220. The fourth-order valence-corrected chi connectivity index (χ4v) is 4.71. The van der Waals surface area contributed by atoms with E-state index in [9.17, 15) is 18.0 Å². The molecule has 0 bridgehead atoms. The molecular formula is C35H45F3N2O4. The fraction of sp³-hybridized carbons (Fsp3) is 0.514. The maximum absolute atomic E-state index is 13.6. The van der Waals surface area contributed by atoms with Crippen LogP contribution in [0, 0.1) is 0 Å². The molecule has 0 N–H and O–H groups in total. The van der Waals surface area contributed by atoms with Gasteiger partial charge in [-0.1, -0.05) is 90.2 Å². The first-order valence-electron chi connectivity index (χ1n) is 15.9. The summed E-state index contributed by atoms with van der Waals surface area (Å²) in [5, 5.41) is 0. The second-order valence-electron chi connectivity index (χ2n) is 11.0. The van der Waals surface area contributed by atoms with Gasteiger partial charge in [0.1, 0.15) is 5.75 Å². The molecule has 9 heteroatoms. The molecule has 0 fully saturated rings. The highest BCUT2D eigenvalue weighted by atomic mass is 19.4. The smallest absolute Gasteiger partial charge is 0.418 e. The molecule has 0 aliphatic heterocycles. The van der Waals surface area contributed by atoms with E-state index < -0.39 is 18.2 Å². The van der Waals surface area contributed by atoms with Crippen molar-refractivity contribution in [3.63, 3.8) is 0 Å². The number of hydrogen-bond acceptors (Lipinski definition) is 6. The highest BCUT2D eigenvalue weighted by molar-refractivity contribution is 5.91. The second kappa shape index (κ2) is 19.0. The van der Waals surface area contributed by atoms with Gasteiger partial charge in [0.15, 0.2) is 17.7 Å². The molecule has 3 rings (SSSR count). The minimum atomic E-state index is -4.56. The Hall–Kier alpha value is -3.46. The number of carbonyl (C=O) groups is 1. The van der Waals surface area contributed by atoms with Crippen molar-refractivity contribution in [2.45, 2.75) is 103 Å². The van der Waals surface area contributed by atoms with Crippen LogP contribution in [-0.2, 0) is 4.74 Å². The molecule has 1 unspecified atom stereocenters. The maximum atomic E-state index is 13.6. The quantitative estimate of drug-likeness (QED) is 0.0717. The van der Waals surface area contributed by atoms with E-state index in [1.165, 1.54) is 62.8 Å². The van der Waals surface area contributed by atoms with E-state index in [0.29, 0.717) is 24.6 Å². The van der Waals surface area contributed by atoms with E-state index in [2.05, 4.69) is 16.9 Å². The van der Waals surface area contributed by atoms with Crippen molar-refractivity contribution in [3.8, 4) is 22.9 Å². The Morgan fingerprint density at radius 1 is 0.705 bits per heavy atom. The molecule has 1 aromatic heterocycles. The number of unbranched alkanes of at least 4 members (excludes halogenated alkanes) is 10. The van der Waals surface area contributed by atoms with Gasteiger partial charge in [0, 0.05) is 12.2 Å². The Labute approximate surface area is 259 Å². The van der Waals surface area contributed by atoms with Crippen LogP contribution in [0.1, 0.15) is 113 Å². The zero-order valence-electron chi connectivity index (χ0n) is 25.9. The van der Waals surface area contributed by atoms with E-state index in [0.717, 1.165) is 37.7 Å². The predicted octanol–water partition coefficient (Wildman–Crippen LogP) is 10.1. The molecule has 44 heavy (non-hydrogen) atoms. The monoisotopic (exact) mass is 614 g/mol. The number of halogens is 3. The molecule has 0 saturated carbocycles. The van der Waals surface area contributed by atoms with Gasteiger partial charge in [0.05, 0.1) is 24.6 Å². The Kier molecular flexibility index (Phi) is 15.2. The molecule has 240 valence electrons. The Balaban J connectivity index is 1.46.